The second-order valence-corrected chi connectivity index (χ2v) is 6.39. The molecule has 1 aromatic heterocycles. The number of rotatable bonds is 7. The van der Waals surface area contributed by atoms with Crippen LogP contribution in [0.15, 0.2) is 28.8 Å². The molecule has 8 nitrogen and oxygen atoms in total. The van der Waals surface area contributed by atoms with Crippen LogP contribution in [-0.4, -0.2) is 48.7 Å². The van der Waals surface area contributed by atoms with Gasteiger partial charge in [0.15, 0.2) is 17.3 Å². The fourth-order valence-corrected chi connectivity index (χ4v) is 3.14. The van der Waals surface area contributed by atoms with Crippen molar-refractivity contribution in [3.63, 3.8) is 0 Å². The summed E-state index contributed by atoms with van der Waals surface area (Å²) < 4.78 is 15.8. The number of anilines is 1. The Hall–Kier alpha value is -3.03. The smallest absolute Gasteiger partial charge is 0.245 e. The molecule has 1 fully saturated rings. The number of aryl methyl sites for hydroxylation is 1. The molecule has 8 heteroatoms. The lowest BCUT2D eigenvalue weighted by atomic mass is 9.98. The highest BCUT2D eigenvalue weighted by atomic mass is 16.5. The Balaban J connectivity index is 1.64. The molecule has 0 saturated carbocycles. The Morgan fingerprint density at radius 3 is 2.85 bits per heavy atom. The predicted octanol–water partition coefficient (Wildman–Crippen LogP) is 2.34. The van der Waals surface area contributed by atoms with Crippen LogP contribution in [-0.2, 0) is 9.59 Å². The van der Waals surface area contributed by atoms with Crippen molar-refractivity contribution in [3.8, 4) is 11.5 Å². The maximum absolute atomic E-state index is 12.3. The number of benzene rings is 1. The van der Waals surface area contributed by atoms with E-state index in [1.54, 1.807) is 25.0 Å². The average Bonchev–Trinajstić information content (AvgIpc) is 3.21. The molecule has 0 bridgehead atoms. The Kier molecular flexibility index (Phi) is 5.63. The topological polar surface area (TPSA) is 93.9 Å². The lowest BCUT2D eigenvalue weighted by Gasteiger charge is -2.17. The van der Waals surface area contributed by atoms with E-state index in [-0.39, 0.29) is 24.3 Å². The molecule has 1 aliphatic heterocycles. The van der Waals surface area contributed by atoms with E-state index in [2.05, 4.69) is 10.5 Å². The first-order valence-electron chi connectivity index (χ1n) is 8.81. The minimum atomic E-state index is -0.304. The highest BCUT2D eigenvalue weighted by molar-refractivity contribution is 5.94. The number of ether oxygens (including phenoxy) is 2. The monoisotopic (exact) mass is 373 g/mol. The molecule has 1 atom stereocenters. The molecular weight excluding hydrogens is 350 g/mol. The summed E-state index contributed by atoms with van der Waals surface area (Å²) in [5.74, 6) is 1.91. The summed E-state index contributed by atoms with van der Waals surface area (Å²) in [4.78, 5) is 26.1. The SMILES string of the molecule is CCOc1cc(C2CC(=O)N(CC(=O)Nc3cc(C)on3)C2)ccc1OC. The molecule has 27 heavy (non-hydrogen) atoms. The van der Waals surface area contributed by atoms with Gasteiger partial charge in [0.2, 0.25) is 11.8 Å². The number of carbonyl (C=O) groups is 2. The molecule has 0 spiro atoms. The predicted molar refractivity (Wildman–Crippen MR) is 98.0 cm³/mol. The van der Waals surface area contributed by atoms with Gasteiger partial charge < -0.3 is 24.2 Å². The van der Waals surface area contributed by atoms with Crippen molar-refractivity contribution >= 4 is 17.6 Å². The lowest BCUT2D eigenvalue weighted by Crippen LogP contribution is -2.34. The van der Waals surface area contributed by atoms with Crippen LogP contribution in [0.3, 0.4) is 0 Å². The number of carbonyl (C=O) groups excluding carboxylic acids is 2. The number of likely N-dealkylation sites (tertiary alicyclic amines) is 1. The van der Waals surface area contributed by atoms with Gasteiger partial charge in [-0.15, -0.1) is 0 Å². The standard InChI is InChI=1S/C19H23N3O5/c1-4-26-16-8-13(5-6-15(16)25-3)14-9-19(24)22(10-14)11-18(23)20-17-7-12(2)27-21-17/h5-8,14H,4,9-11H2,1-3H3,(H,20,21,23). The molecular formula is C19H23N3O5. The van der Waals surface area contributed by atoms with Crippen LogP contribution in [0.2, 0.25) is 0 Å². The van der Waals surface area contributed by atoms with Gasteiger partial charge in [0.25, 0.3) is 0 Å². The van der Waals surface area contributed by atoms with E-state index in [9.17, 15) is 9.59 Å². The molecule has 0 aliphatic carbocycles. The second-order valence-electron chi connectivity index (χ2n) is 6.39. The highest BCUT2D eigenvalue weighted by Gasteiger charge is 2.32. The number of amides is 2. The first kappa shape index (κ1) is 18.8. The molecule has 1 aliphatic rings. The van der Waals surface area contributed by atoms with Crippen molar-refractivity contribution < 1.29 is 23.6 Å². The lowest BCUT2D eigenvalue weighted by molar-refractivity contribution is -0.131. The zero-order valence-electron chi connectivity index (χ0n) is 15.7. The fourth-order valence-electron chi connectivity index (χ4n) is 3.14. The molecule has 1 N–H and O–H groups in total. The van der Waals surface area contributed by atoms with Crippen LogP contribution in [0, 0.1) is 6.92 Å². The summed E-state index contributed by atoms with van der Waals surface area (Å²) in [7, 11) is 1.59. The molecule has 3 rings (SSSR count). The number of nitrogens with zero attached hydrogens (tertiary/aromatic N) is 2. The van der Waals surface area contributed by atoms with Crippen molar-refractivity contribution in [2.45, 2.75) is 26.2 Å². The van der Waals surface area contributed by atoms with Gasteiger partial charge in [-0.25, -0.2) is 0 Å². The Morgan fingerprint density at radius 2 is 2.19 bits per heavy atom. The number of nitrogens with one attached hydrogen (secondary N) is 1. The van der Waals surface area contributed by atoms with E-state index >= 15 is 0 Å². The van der Waals surface area contributed by atoms with Gasteiger partial charge in [-0.05, 0) is 31.5 Å². The van der Waals surface area contributed by atoms with Gasteiger partial charge in [0, 0.05) is 24.9 Å². The van der Waals surface area contributed by atoms with E-state index in [1.807, 2.05) is 25.1 Å². The van der Waals surface area contributed by atoms with Crippen LogP contribution in [0.5, 0.6) is 11.5 Å². The number of hydrogen-bond donors (Lipinski definition) is 1. The van der Waals surface area contributed by atoms with Gasteiger partial charge in [-0.1, -0.05) is 11.2 Å². The first-order valence-corrected chi connectivity index (χ1v) is 8.81. The van der Waals surface area contributed by atoms with E-state index < -0.39 is 0 Å². The third-order valence-electron chi connectivity index (χ3n) is 4.40. The van der Waals surface area contributed by atoms with Crippen molar-refractivity contribution in [2.75, 3.05) is 32.1 Å². The van der Waals surface area contributed by atoms with E-state index in [0.717, 1.165) is 5.56 Å². The quantitative estimate of drug-likeness (QED) is 0.801. The largest absolute Gasteiger partial charge is 0.493 e. The zero-order chi connectivity index (χ0) is 19.4. The molecule has 144 valence electrons. The van der Waals surface area contributed by atoms with Gasteiger partial charge in [0.05, 0.1) is 20.3 Å². The molecule has 2 aromatic rings. The fraction of sp³-hybridized carbons (Fsp3) is 0.421. The van der Waals surface area contributed by atoms with Crippen LogP contribution >= 0.6 is 0 Å². The third kappa shape index (κ3) is 4.39. The molecule has 1 saturated heterocycles. The van der Waals surface area contributed by atoms with Crippen molar-refractivity contribution in [1.82, 2.24) is 10.1 Å². The van der Waals surface area contributed by atoms with Crippen molar-refractivity contribution in [2.24, 2.45) is 0 Å². The minimum Gasteiger partial charge on any atom is -0.493 e. The summed E-state index contributed by atoms with van der Waals surface area (Å²) in [5, 5.41) is 6.35. The zero-order valence-corrected chi connectivity index (χ0v) is 15.7. The first-order chi connectivity index (χ1) is 13.0. The number of methoxy groups -OCH3 is 1. The summed E-state index contributed by atoms with van der Waals surface area (Å²) in [6.07, 6.45) is 0.355. The molecule has 1 unspecified atom stereocenters. The summed E-state index contributed by atoms with van der Waals surface area (Å²) in [5.41, 5.74) is 0.989. The van der Waals surface area contributed by atoms with Crippen LogP contribution in [0.1, 0.15) is 30.6 Å². The maximum Gasteiger partial charge on any atom is 0.245 e. The molecule has 1 aromatic carbocycles. The second kappa shape index (κ2) is 8.11. The summed E-state index contributed by atoms with van der Waals surface area (Å²) in [6, 6.07) is 7.30. The maximum atomic E-state index is 12.3. The van der Waals surface area contributed by atoms with Gasteiger partial charge >= 0.3 is 0 Å². The summed E-state index contributed by atoms with van der Waals surface area (Å²) >= 11 is 0. The Labute approximate surface area is 157 Å². The van der Waals surface area contributed by atoms with Crippen molar-refractivity contribution in [1.29, 1.82) is 0 Å². The van der Waals surface area contributed by atoms with Gasteiger partial charge in [0.1, 0.15) is 5.76 Å². The van der Waals surface area contributed by atoms with Crippen LogP contribution in [0.4, 0.5) is 5.82 Å². The Bertz CT molecular complexity index is 833. The highest BCUT2D eigenvalue weighted by Crippen LogP contribution is 2.35. The van der Waals surface area contributed by atoms with E-state index in [0.29, 0.717) is 42.6 Å². The van der Waals surface area contributed by atoms with E-state index in [1.165, 1.54) is 0 Å². The van der Waals surface area contributed by atoms with Gasteiger partial charge in [-0.2, -0.15) is 0 Å². The number of hydrogen-bond acceptors (Lipinski definition) is 6. The minimum absolute atomic E-state index is 0.00436. The van der Waals surface area contributed by atoms with Crippen LogP contribution in [0.25, 0.3) is 0 Å². The van der Waals surface area contributed by atoms with Crippen molar-refractivity contribution in [3.05, 3.63) is 35.6 Å². The molecule has 0 radical (unpaired) electrons. The third-order valence-corrected chi connectivity index (χ3v) is 4.40. The summed E-state index contributed by atoms with van der Waals surface area (Å²) in [6.45, 7) is 4.62. The normalized spacial score (nSPS) is 16.5. The number of aromatic nitrogens is 1. The van der Waals surface area contributed by atoms with Gasteiger partial charge in [-0.3, -0.25) is 9.59 Å². The molecule has 2 amide bonds. The van der Waals surface area contributed by atoms with Crippen LogP contribution < -0.4 is 14.8 Å². The molecule has 2 heterocycles. The average molecular weight is 373 g/mol. The Morgan fingerprint density at radius 1 is 1.37 bits per heavy atom. The van der Waals surface area contributed by atoms with E-state index in [4.69, 9.17) is 14.0 Å².